The molecular weight excluding hydrogens is 190 g/mol. The lowest BCUT2D eigenvalue weighted by molar-refractivity contribution is 0.230. The zero-order chi connectivity index (χ0) is 11.6. The first-order valence-electron chi connectivity index (χ1n) is 5.17. The molecule has 1 aromatic rings. The highest BCUT2D eigenvalue weighted by molar-refractivity contribution is 5.76. The normalized spacial score (nSPS) is 11.9. The Bertz CT molecular complexity index is 347. The molecule has 1 aromatic heterocycles. The zero-order valence-electron chi connectivity index (χ0n) is 10.0. The van der Waals surface area contributed by atoms with Gasteiger partial charge >= 0.3 is 6.03 Å². The molecular formula is C11H19N3O. The van der Waals surface area contributed by atoms with E-state index in [2.05, 4.69) is 10.4 Å². The number of hydrogen-bond acceptors (Lipinski definition) is 2. The second-order valence-corrected chi connectivity index (χ2v) is 5.02. The van der Waals surface area contributed by atoms with Gasteiger partial charge in [-0.3, -0.25) is 0 Å². The van der Waals surface area contributed by atoms with Crippen LogP contribution in [-0.4, -0.2) is 21.4 Å². The predicted octanol–water partition coefficient (Wildman–Crippen LogP) is 2.36. The lowest BCUT2D eigenvalue weighted by Crippen LogP contribution is -2.43. The Morgan fingerprint density at radius 2 is 2.07 bits per heavy atom. The first kappa shape index (κ1) is 11.8. The van der Waals surface area contributed by atoms with E-state index in [4.69, 9.17) is 0 Å². The van der Waals surface area contributed by atoms with Crippen LogP contribution in [0.4, 0.5) is 4.79 Å². The summed E-state index contributed by atoms with van der Waals surface area (Å²) < 4.78 is 1.35. The number of carbonyl (C=O) groups excluding carboxylic acids is 1. The van der Waals surface area contributed by atoms with E-state index in [1.807, 2.05) is 40.7 Å². The second kappa shape index (κ2) is 4.04. The lowest BCUT2D eigenvalue weighted by Gasteiger charge is -2.19. The van der Waals surface area contributed by atoms with Gasteiger partial charge in [-0.2, -0.15) is 9.78 Å². The molecule has 15 heavy (non-hydrogen) atoms. The van der Waals surface area contributed by atoms with E-state index >= 15 is 0 Å². The molecule has 1 amide bonds. The molecule has 0 atom stereocenters. The average Bonchev–Trinajstić information content (AvgIpc) is 2.47. The van der Waals surface area contributed by atoms with Gasteiger partial charge < -0.3 is 5.32 Å². The SMILES string of the molecule is CC(C)c1ccn(C(=O)NC(C)(C)C)n1. The van der Waals surface area contributed by atoms with Crippen molar-refractivity contribution in [2.45, 2.75) is 46.1 Å². The van der Waals surface area contributed by atoms with Crippen LogP contribution in [0.25, 0.3) is 0 Å². The standard InChI is InChI=1S/C11H19N3O/c1-8(2)9-6-7-14(13-9)10(15)12-11(3,4)5/h6-8H,1-5H3,(H,12,15). The molecule has 0 aliphatic heterocycles. The Hall–Kier alpha value is -1.32. The van der Waals surface area contributed by atoms with Crippen molar-refractivity contribution in [3.05, 3.63) is 18.0 Å². The summed E-state index contributed by atoms with van der Waals surface area (Å²) in [5, 5.41) is 7.05. The Labute approximate surface area is 90.7 Å². The van der Waals surface area contributed by atoms with Crippen molar-refractivity contribution in [2.75, 3.05) is 0 Å². The molecule has 4 nitrogen and oxygen atoms in total. The molecule has 84 valence electrons. The summed E-state index contributed by atoms with van der Waals surface area (Å²) in [5.74, 6) is 0.341. The Morgan fingerprint density at radius 1 is 1.47 bits per heavy atom. The Morgan fingerprint density at radius 3 is 2.47 bits per heavy atom. The molecule has 0 aliphatic rings. The largest absolute Gasteiger partial charge is 0.342 e. The van der Waals surface area contributed by atoms with Crippen LogP contribution in [0.5, 0.6) is 0 Å². The third-order valence-corrected chi connectivity index (χ3v) is 1.89. The molecule has 0 bridgehead atoms. The van der Waals surface area contributed by atoms with Gasteiger partial charge in [0.05, 0.1) is 5.69 Å². The minimum atomic E-state index is -0.235. The van der Waals surface area contributed by atoms with Crippen LogP contribution in [0.1, 0.15) is 46.2 Å². The number of aromatic nitrogens is 2. The van der Waals surface area contributed by atoms with Gasteiger partial charge in [0.2, 0.25) is 0 Å². The van der Waals surface area contributed by atoms with E-state index < -0.39 is 0 Å². The summed E-state index contributed by atoms with van der Waals surface area (Å²) in [6, 6.07) is 1.68. The third kappa shape index (κ3) is 3.38. The van der Waals surface area contributed by atoms with Gasteiger partial charge in [0.15, 0.2) is 0 Å². The maximum Gasteiger partial charge on any atom is 0.342 e. The molecule has 4 heteroatoms. The first-order valence-corrected chi connectivity index (χ1v) is 5.17. The molecule has 1 N–H and O–H groups in total. The van der Waals surface area contributed by atoms with E-state index in [1.165, 1.54) is 4.68 Å². The topological polar surface area (TPSA) is 46.9 Å². The third-order valence-electron chi connectivity index (χ3n) is 1.89. The van der Waals surface area contributed by atoms with Crippen LogP contribution in [-0.2, 0) is 0 Å². The van der Waals surface area contributed by atoms with Crippen molar-refractivity contribution >= 4 is 6.03 Å². The first-order chi connectivity index (χ1) is 6.79. The smallest absolute Gasteiger partial charge is 0.332 e. The van der Waals surface area contributed by atoms with E-state index in [9.17, 15) is 4.79 Å². The maximum atomic E-state index is 11.7. The summed E-state index contributed by atoms with van der Waals surface area (Å²) in [6.07, 6.45) is 1.69. The molecule has 0 aliphatic carbocycles. The van der Waals surface area contributed by atoms with E-state index in [1.54, 1.807) is 6.20 Å². The number of hydrogen-bond donors (Lipinski definition) is 1. The van der Waals surface area contributed by atoms with Crippen molar-refractivity contribution in [3.8, 4) is 0 Å². The predicted molar refractivity (Wildman–Crippen MR) is 60.0 cm³/mol. The quantitative estimate of drug-likeness (QED) is 0.771. The second-order valence-electron chi connectivity index (χ2n) is 5.02. The maximum absolute atomic E-state index is 11.7. The summed E-state index contributed by atoms with van der Waals surface area (Å²) in [4.78, 5) is 11.7. The Kier molecular flexibility index (Phi) is 3.17. The summed E-state index contributed by atoms with van der Waals surface area (Å²) in [5.41, 5.74) is 0.695. The summed E-state index contributed by atoms with van der Waals surface area (Å²) >= 11 is 0. The summed E-state index contributed by atoms with van der Waals surface area (Å²) in [6.45, 7) is 9.93. The molecule has 0 spiro atoms. The number of carbonyl (C=O) groups is 1. The van der Waals surface area contributed by atoms with Crippen LogP contribution in [0.15, 0.2) is 12.3 Å². The van der Waals surface area contributed by atoms with E-state index in [-0.39, 0.29) is 11.6 Å². The van der Waals surface area contributed by atoms with E-state index in [0.29, 0.717) is 5.92 Å². The molecule has 1 heterocycles. The molecule has 0 radical (unpaired) electrons. The number of amides is 1. The monoisotopic (exact) mass is 209 g/mol. The van der Waals surface area contributed by atoms with Crippen molar-refractivity contribution in [3.63, 3.8) is 0 Å². The molecule has 0 unspecified atom stereocenters. The highest BCUT2D eigenvalue weighted by atomic mass is 16.2. The van der Waals surface area contributed by atoms with Gasteiger partial charge in [0.1, 0.15) is 0 Å². The van der Waals surface area contributed by atoms with Crippen LogP contribution < -0.4 is 5.32 Å². The fourth-order valence-electron chi connectivity index (χ4n) is 1.14. The highest BCUT2D eigenvalue weighted by Gasteiger charge is 2.16. The number of nitrogens with one attached hydrogen (secondary N) is 1. The minimum Gasteiger partial charge on any atom is -0.332 e. The van der Waals surface area contributed by atoms with Crippen LogP contribution >= 0.6 is 0 Å². The average molecular weight is 209 g/mol. The van der Waals surface area contributed by atoms with Gasteiger partial charge in [0, 0.05) is 11.7 Å². The summed E-state index contributed by atoms with van der Waals surface area (Å²) in [7, 11) is 0. The van der Waals surface area contributed by atoms with Crippen LogP contribution in [0.3, 0.4) is 0 Å². The van der Waals surface area contributed by atoms with Crippen molar-refractivity contribution in [1.82, 2.24) is 15.1 Å². The fourth-order valence-corrected chi connectivity index (χ4v) is 1.14. The van der Waals surface area contributed by atoms with Crippen molar-refractivity contribution in [2.24, 2.45) is 0 Å². The van der Waals surface area contributed by atoms with Gasteiger partial charge in [-0.25, -0.2) is 4.79 Å². The highest BCUT2D eigenvalue weighted by Crippen LogP contribution is 2.10. The van der Waals surface area contributed by atoms with Crippen LogP contribution in [0, 0.1) is 0 Å². The lowest BCUT2D eigenvalue weighted by atomic mass is 10.1. The number of nitrogens with zero attached hydrogens (tertiary/aromatic N) is 2. The fraction of sp³-hybridized carbons (Fsp3) is 0.636. The molecule has 0 saturated heterocycles. The van der Waals surface area contributed by atoms with Gasteiger partial charge in [-0.15, -0.1) is 0 Å². The number of rotatable bonds is 1. The minimum absolute atomic E-state index is 0.186. The van der Waals surface area contributed by atoms with Crippen molar-refractivity contribution < 1.29 is 4.79 Å². The van der Waals surface area contributed by atoms with Gasteiger partial charge in [-0.05, 0) is 32.8 Å². The zero-order valence-corrected chi connectivity index (χ0v) is 10.0. The molecule has 0 fully saturated rings. The van der Waals surface area contributed by atoms with Crippen LogP contribution in [0.2, 0.25) is 0 Å². The van der Waals surface area contributed by atoms with Gasteiger partial charge in [-0.1, -0.05) is 13.8 Å². The van der Waals surface area contributed by atoms with E-state index in [0.717, 1.165) is 5.69 Å². The molecule has 1 rings (SSSR count). The molecule has 0 aromatic carbocycles. The van der Waals surface area contributed by atoms with Gasteiger partial charge in [0.25, 0.3) is 0 Å². The molecule has 0 saturated carbocycles. The van der Waals surface area contributed by atoms with Crippen molar-refractivity contribution in [1.29, 1.82) is 0 Å². The Balaban J connectivity index is 2.75.